The average Bonchev–Trinajstić information content (AvgIpc) is 3.46. The van der Waals surface area contributed by atoms with Gasteiger partial charge in [0, 0.05) is 38.6 Å². The maximum Gasteiger partial charge on any atom is 0.231 e. The van der Waals surface area contributed by atoms with Crippen LogP contribution in [-0.2, 0) is 16.1 Å². The second-order valence-electron chi connectivity index (χ2n) is 8.72. The fourth-order valence-electron chi connectivity index (χ4n) is 4.72. The van der Waals surface area contributed by atoms with Gasteiger partial charge in [-0.1, -0.05) is 36.6 Å². The lowest BCUT2D eigenvalue weighted by molar-refractivity contribution is -0.123. The Morgan fingerprint density at radius 2 is 1.86 bits per heavy atom. The highest BCUT2D eigenvalue weighted by molar-refractivity contribution is 5.94. The molecule has 0 aromatic carbocycles. The minimum Gasteiger partial charge on any atom is -0.379 e. The molecule has 0 radical (unpaired) electrons. The van der Waals surface area contributed by atoms with E-state index in [0.717, 1.165) is 83.2 Å². The van der Waals surface area contributed by atoms with Crippen LogP contribution in [0, 0.1) is 11.8 Å². The van der Waals surface area contributed by atoms with Crippen molar-refractivity contribution in [3.63, 3.8) is 0 Å². The number of morpholine rings is 1. The van der Waals surface area contributed by atoms with Crippen LogP contribution in [-0.4, -0.2) is 65.2 Å². The summed E-state index contributed by atoms with van der Waals surface area (Å²) in [6, 6.07) is 0. The van der Waals surface area contributed by atoms with E-state index in [1.54, 1.807) is 0 Å². The summed E-state index contributed by atoms with van der Waals surface area (Å²) in [5.74, 6) is 1.83. The molecule has 7 nitrogen and oxygen atoms in total. The van der Waals surface area contributed by atoms with Crippen molar-refractivity contribution in [1.29, 1.82) is 0 Å². The molecule has 0 atom stereocenters. The summed E-state index contributed by atoms with van der Waals surface area (Å²) in [5, 5.41) is 8.74. The van der Waals surface area contributed by atoms with Gasteiger partial charge in [-0.3, -0.25) is 19.3 Å². The molecular formula is C22H35N5O2. The second-order valence-corrected chi connectivity index (χ2v) is 8.72. The van der Waals surface area contributed by atoms with Crippen molar-refractivity contribution in [2.45, 2.75) is 57.9 Å². The molecule has 0 unspecified atom stereocenters. The third-order valence-electron chi connectivity index (χ3n) is 6.64. The largest absolute Gasteiger partial charge is 0.379 e. The van der Waals surface area contributed by atoms with E-state index in [2.05, 4.69) is 27.4 Å². The van der Waals surface area contributed by atoms with Crippen molar-refractivity contribution in [2.75, 3.05) is 44.3 Å². The van der Waals surface area contributed by atoms with E-state index in [0.29, 0.717) is 6.54 Å². The molecular weight excluding hydrogens is 366 g/mol. The van der Waals surface area contributed by atoms with E-state index in [-0.39, 0.29) is 11.8 Å². The number of allylic oxidation sites excluding steroid dienone is 2. The highest BCUT2D eigenvalue weighted by atomic mass is 16.5. The Kier molecular flexibility index (Phi) is 7.33. The molecule has 2 heterocycles. The molecule has 7 heteroatoms. The van der Waals surface area contributed by atoms with Crippen LogP contribution in [0.15, 0.2) is 18.3 Å². The van der Waals surface area contributed by atoms with Gasteiger partial charge in [0.05, 0.1) is 19.4 Å². The van der Waals surface area contributed by atoms with Gasteiger partial charge in [0.25, 0.3) is 0 Å². The van der Waals surface area contributed by atoms with Crippen LogP contribution in [0.5, 0.6) is 0 Å². The molecule has 1 aromatic rings. The standard InChI is InChI=1S/C22H35N5O2/c28-22(20-8-2-1-3-9-20)27(13-12-25-14-16-29-17-15-25)21-18-26(24-23-21)11-10-19-6-4-5-7-19/h4-5,18-20H,1-3,6-17H2. The number of carbonyl (C=O) groups is 1. The molecule has 160 valence electrons. The number of amides is 1. The van der Waals surface area contributed by atoms with Gasteiger partial charge in [-0.05, 0) is 38.0 Å². The SMILES string of the molecule is O=C(C1CCCCC1)N(CCN1CCOCC1)c1cn(CCC2CC=CC2)nn1. The summed E-state index contributed by atoms with van der Waals surface area (Å²) >= 11 is 0. The summed E-state index contributed by atoms with van der Waals surface area (Å²) in [7, 11) is 0. The van der Waals surface area contributed by atoms with Gasteiger partial charge in [-0.15, -0.1) is 5.10 Å². The number of rotatable bonds is 8. The molecule has 1 aromatic heterocycles. The molecule has 0 bridgehead atoms. The topological polar surface area (TPSA) is 63.5 Å². The van der Waals surface area contributed by atoms with E-state index >= 15 is 0 Å². The number of aromatic nitrogens is 3. The molecule has 2 aliphatic carbocycles. The Balaban J connectivity index is 1.39. The molecule has 4 rings (SSSR count). The van der Waals surface area contributed by atoms with E-state index < -0.39 is 0 Å². The molecule has 1 saturated carbocycles. The number of anilines is 1. The van der Waals surface area contributed by atoms with Gasteiger partial charge in [0.15, 0.2) is 5.82 Å². The van der Waals surface area contributed by atoms with Crippen LogP contribution in [0.2, 0.25) is 0 Å². The van der Waals surface area contributed by atoms with Gasteiger partial charge in [-0.25, -0.2) is 0 Å². The zero-order chi connectivity index (χ0) is 19.9. The molecule has 3 aliphatic rings. The van der Waals surface area contributed by atoms with Crippen molar-refractivity contribution in [2.24, 2.45) is 11.8 Å². The van der Waals surface area contributed by atoms with Crippen LogP contribution in [0.4, 0.5) is 5.82 Å². The monoisotopic (exact) mass is 401 g/mol. The molecule has 2 fully saturated rings. The van der Waals surface area contributed by atoms with Crippen LogP contribution in [0.1, 0.15) is 51.4 Å². The van der Waals surface area contributed by atoms with E-state index in [1.165, 1.54) is 19.3 Å². The predicted octanol–water partition coefficient (Wildman–Crippen LogP) is 2.88. The number of hydrogen-bond donors (Lipinski definition) is 0. The minimum atomic E-state index is 0.142. The Morgan fingerprint density at radius 1 is 1.10 bits per heavy atom. The first kappa shape index (κ1) is 20.5. The van der Waals surface area contributed by atoms with Gasteiger partial charge < -0.3 is 4.74 Å². The van der Waals surface area contributed by atoms with Crippen LogP contribution < -0.4 is 4.90 Å². The first-order valence-corrected chi connectivity index (χ1v) is 11.5. The summed E-state index contributed by atoms with van der Waals surface area (Å²) in [5.41, 5.74) is 0. The third kappa shape index (κ3) is 5.66. The van der Waals surface area contributed by atoms with Gasteiger partial charge in [-0.2, -0.15) is 0 Å². The van der Waals surface area contributed by atoms with Crippen LogP contribution >= 0.6 is 0 Å². The van der Waals surface area contributed by atoms with E-state index in [9.17, 15) is 4.79 Å². The number of carbonyl (C=O) groups excluding carboxylic acids is 1. The van der Waals surface area contributed by atoms with Crippen molar-refractivity contribution in [3.05, 3.63) is 18.3 Å². The van der Waals surface area contributed by atoms with Crippen molar-refractivity contribution in [3.8, 4) is 0 Å². The van der Waals surface area contributed by atoms with Crippen LogP contribution in [0.25, 0.3) is 0 Å². The van der Waals surface area contributed by atoms with Gasteiger partial charge in [0.1, 0.15) is 0 Å². The highest BCUT2D eigenvalue weighted by Gasteiger charge is 2.29. The second kappa shape index (κ2) is 10.3. The van der Waals surface area contributed by atoms with E-state index in [1.807, 2.05) is 15.8 Å². The lowest BCUT2D eigenvalue weighted by Crippen LogP contribution is -2.45. The van der Waals surface area contributed by atoms with Gasteiger partial charge >= 0.3 is 0 Å². The van der Waals surface area contributed by atoms with Crippen molar-refractivity contribution >= 4 is 11.7 Å². The lowest BCUT2D eigenvalue weighted by Gasteiger charge is -2.31. The molecule has 1 aliphatic heterocycles. The summed E-state index contributed by atoms with van der Waals surface area (Å²) in [6.07, 6.45) is 15.6. The lowest BCUT2D eigenvalue weighted by atomic mass is 9.88. The Morgan fingerprint density at radius 3 is 2.62 bits per heavy atom. The molecule has 0 N–H and O–H groups in total. The highest BCUT2D eigenvalue weighted by Crippen LogP contribution is 2.27. The Hall–Kier alpha value is -1.73. The number of ether oxygens (including phenoxy) is 1. The zero-order valence-electron chi connectivity index (χ0n) is 17.5. The number of nitrogens with zero attached hydrogens (tertiary/aromatic N) is 5. The average molecular weight is 402 g/mol. The number of aryl methyl sites for hydroxylation is 1. The Bertz CT molecular complexity index is 668. The third-order valence-corrected chi connectivity index (χ3v) is 6.64. The maximum atomic E-state index is 13.3. The van der Waals surface area contributed by atoms with E-state index in [4.69, 9.17) is 4.74 Å². The molecule has 1 saturated heterocycles. The predicted molar refractivity (Wildman–Crippen MR) is 113 cm³/mol. The van der Waals surface area contributed by atoms with Crippen molar-refractivity contribution < 1.29 is 9.53 Å². The van der Waals surface area contributed by atoms with Crippen molar-refractivity contribution in [1.82, 2.24) is 19.9 Å². The zero-order valence-corrected chi connectivity index (χ0v) is 17.5. The molecule has 29 heavy (non-hydrogen) atoms. The van der Waals surface area contributed by atoms with Gasteiger partial charge in [0.2, 0.25) is 5.91 Å². The first-order valence-electron chi connectivity index (χ1n) is 11.5. The molecule has 0 spiro atoms. The fraction of sp³-hybridized carbons (Fsp3) is 0.773. The smallest absolute Gasteiger partial charge is 0.231 e. The number of hydrogen-bond acceptors (Lipinski definition) is 5. The Labute approximate surface area is 174 Å². The van der Waals surface area contributed by atoms with Crippen LogP contribution in [0.3, 0.4) is 0 Å². The molecule has 1 amide bonds. The quantitative estimate of drug-likeness (QED) is 0.627. The fourth-order valence-corrected chi connectivity index (χ4v) is 4.72. The maximum absolute atomic E-state index is 13.3. The minimum absolute atomic E-state index is 0.142. The first-order chi connectivity index (χ1) is 14.3. The summed E-state index contributed by atoms with van der Waals surface area (Å²) < 4.78 is 7.37. The summed E-state index contributed by atoms with van der Waals surface area (Å²) in [6.45, 7) is 5.85. The normalized spacial score (nSPS) is 21.7. The summed E-state index contributed by atoms with van der Waals surface area (Å²) in [4.78, 5) is 17.6.